The van der Waals surface area contributed by atoms with Crippen molar-refractivity contribution in [2.45, 2.75) is 12.6 Å². The van der Waals surface area contributed by atoms with Crippen LogP contribution in [0.25, 0.3) is 10.9 Å². The summed E-state index contributed by atoms with van der Waals surface area (Å²) in [5.74, 6) is 0. The van der Waals surface area contributed by atoms with E-state index in [0.717, 1.165) is 21.5 Å². The predicted octanol–water partition coefficient (Wildman–Crippen LogP) is 4.03. The number of nitrogens with zero attached hydrogens (tertiary/aromatic N) is 1. The summed E-state index contributed by atoms with van der Waals surface area (Å²) in [6.07, 6.45) is 1.47. The fraction of sp³-hybridized carbons (Fsp3) is 0.125. The summed E-state index contributed by atoms with van der Waals surface area (Å²) in [5, 5.41) is 12.1. The SMILES string of the molecule is OC(Cn1ccc2cc(Cl)ccc21)c1ccccc1. The van der Waals surface area contributed by atoms with E-state index in [-0.39, 0.29) is 0 Å². The van der Waals surface area contributed by atoms with Gasteiger partial charge in [-0.1, -0.05) is 41.9 Å². The number of aromatic nitrogens is 1. The molecule has 3 heteroatoms. The first kappa shape index (κ1) is 12.3. The number of halogens is 1. The molecule has 1 atom stereocenters. The van der Waals surface area contributed by atoms with Gasteiger partial charge in [-0.15, -0.1) is 0 Å². The van der Waals surface area contributed by atoms with Gasteiger partial charge in [0.05, 0.1) is 12.6 Å². The fourth-order valence-corrected chi connectivity index (χ4v) is 2.48. The molecule has 19 heavy (non-hydrogen) atoms. The molecule has 1 N–H and O–H groups in total. The second-order valence-electron chi connectivity index (χ2n) is 4.60. The van der Waals surface area contributed by atoms with Crippen molar-refractivity contribution in [3.05, 3.63) is 71.4 Å². The van der Waals surface area contributed by atoms with Crippen LogP contribution in [0.2, 0.25) is 5.02 Å². The van der Waals surface area contributed by atoms with Crippen LogP contribution in [0, 0.1) is 0 Å². The van der Waals surface area contributed by atoms with E-state index in [2.05, 4.69) is 0 Å². The summed E-state index contributed by atoms with van der Waals surface area (Å²) in [6, 6.07) is 17.5. The molecule has 0 spiro atoms. The van der Waals surface area contributed by atoms with E-state index >= 15 is 0 Å². The maximum atomic E-state index is 10.3. The Morgan fingerprint density at radius 2 is 1.84 bits per heavy atom. The number of hydrogen-bond donors (Lipinski definition) is 1. The van der Waals surface area contributed by atoms with E-state index in [4.69, 9.17) is 11.6 Å². The lowest BCUT2D eigenvalue weighted by Crippen LogP contribution is -2.07. The Balaban J connectivity index is 1.89. The van der Waals surface area contributed by atoms with Crippen molar-refractivity contribution < 1.29 is 5.11 Å². The van der Waals surface area contributed by atoms with E-state index in [1.807, 2.05) is 65.4 Å². The molecular weight excluding hydrogens is 258 g/mol. The second-order valence-corrected chi connectivity index (χ2v) is 5.03. The van der Waals surface area contributed by atoms with Gasteiger partial charge in [-0.05, 0) is 29.8 Å². The zero-order chi connectivity index (χ0) is 13.2. The third kappa shape index (κ3) is 2.50. The maximum Gasteiger partial charge on any atom is 0.0968 e. The molecule has 0 radical (unpaired) electrons. The van der Waals surface area contributed by atoms with Gasteiger partial charge in [0.15, 0.2) is 0 Å². The lowest BCUT2D eigenvalue weighted by atomic mass is 10.1. The Hall–Kier alpha value is -1.77. The molecule has 1 heterocycles. The van der Waals surface area contributed by atoms with Crippen molar-refractivity contribution in [1.82, 2.24) is 4.57 Å². The number of rotatable bonds is 3. The van der Waals surface area contributed by atoms with Gasteiger partial charge in [0.1, 0.15) is 0 Å². The zero-order valence-electron chi connectivity index (χ0n) is 10.3. The van der Waals surface area contributed by atoms with Gasteiger partial charge in [-0.3, -0.25) is 0 Å². The van der Waals surface area contributed by atoms with Gasteiger partial charge < -0.3 is 9.67 Å². The Bertz CT molecular complexity index is 690. The molecule has 0 saturated heterocycles. The van der Waals surface area contributed by atoms with Crippen molar-refractivity contribution in [3.8, 4) is 0 Å². The summed E-state index contributed by atoms with van der Waals surface area (Å²) in [5.41, 5.74) is 2.01. The van der Waals surface area contributed by atoms with Crippen LogP contribution in [0.15, 0.2) is 60.8 Å². The Kier molecular flexibility index (Phi) is 3.28. The third-order valence-electron chi connectivity index (χ3n) is 3.29. The minimum Gasteiger partial charge on any atom is -0.387 e. The molecule has 0 bridgehead atoms. The van der Waals surface area contributed by atoms with Crippen LogP contribution in [0.5, 0.6) is 0 Å². The first-order valence-corrected chi connectivity index (χ1v) is 6.59. The van der Waals surface area contributed by atoms with E-state index in [0.29, 0.717) is 6.54 Å². The van der Waals surface area contributed by atoms with Crippen molar-refractivity contribution in [2.75, 3.05) is 0 Å². The lowest BCUT2D eigenvalue weighted by Gasteiger charge is -2.13. The zero-order valence-corrected chi connectivity index (χ0v) is 11.1. The highest BCUT2D eigenvalue weighted by atomic mass is 35.5. The van der Waals surface area contributed by atoms with E-state index in [1.54, 1.807) is 0 Å². The van der Waals surface area contributed by atoms with Crippen LogP contribution >= 0.6 is 11.6 Å². The number of aliphatic hydroxyl groups excluding tert-OH is 1. The maximum absolute atomic E-state index is 10.3. The average molecular weight is 272 g/mol. The monoisotopic (exact) mass is 271 g/mol. The molecule has 0 saturated carbocycles. The summed E-state index contributed by atoms with van der Waals surface area (Å²) in [7, 11) is 0. The van der Waals surface area contributed by atoms with Crippen LogP contribution in [-0.2, 0) is 6.54 Å². The summed E-state index contributed by atoms with van der Waals surface area (Å²) >= 11 is 5.97. The van der Waals surface area contributed by atoms with Crippen LogP contribution in [0.3, 0.4) is 0 Å². The summed E-state index contributed by atoms with van der Waals surface area (Å²) in [4.78, 5) is 0. The second kappa shape index (κ2) is 5.08. The summed E-state index contributed by atoms with van der Waals surface area (Å²) in [6.45, 7) is 0.537. The molecule has 1 aromatic heterocycles. The van der Waals surface area contributed by atoms with Crippen molar-refractivity contribution in [3.63, 3.8) is 0 Å². The quantitative estimate of drug-likeness (QED) is 0.764. The van der Waals surface area contributed by atoms with Gasteiger partial charge in [-0.25, -0.2) is 0 Å². The molecule has 2 aromatic carbocycles. The smallest absolute Gasteiger partial charge is 0.0968 e. The number of hydrogen-bond acceptors (Lipinski definition) is 1. The molecule has 96 valence electrons. The number of aliphatic hydroxyl groups is 1. The van der Waals surface area contributed by atoms with Crippen LogP contribution in [-0.4, -0.2) is 9.67 Å². The minimum absolute atomic E-state index is 0.507. The van der Waals surface area contributed by atoms with Gasteiger partial charge >= 0.3 is 0 Å². The van der Waals surface area contributed by atoms with Crippen molar-refractivity contribution in [2.24, 2.45) is 0 Å². The molecule has 0 aliphatic heterocycles. The molecule has 0 aliphatic carbocycles. The van der Waals surface area contributed by atoms with Gasteiger partial charge in [-0.2, -0.15) is 0 Å². The molecular formula is C16H14ClNO. The molecule has 1 unspecified atom stereocenters. The van der Waals surface area contributed by atoms with E-state index in [1.165, 1.54) is 0 Å². The van der Waals surface area contributed by atoms with Gasteiger partial charge in [0.2, 0.25) is 0 Å². The first-order chi connectivity index (χ1) is 9.24. The van der Waals surface area contributed by atoms with E-state index < -0.39 is 6.10 Å². The highest BCUT2D eigenvalue weighted by molar-refractivity contribution is 6.31. The highest BCUT2D eigenvalue weighted by Crippen LogP contribution is 2.23. The van der Waals surface area contributed by atoms with Crippen molar-refractivity contribution in [1.29, 1.82) is 0 Å². The van der Waals surface area contributed by atoms with Crippen LogP contribution < -0.4 is 0 Å². The normalized spacial score (nSPS) is 12.7. The topological polar surface area (TPSA) is 25.2 Å². The van der Waals surface area contributed by atoms with Crippen LogP contribution in [0.1, 0.15) is 11.7 Å². The molecule has 3 rings (SSSR count). The molecule has 0 amide bonds. The average Bonchev–Trinajstić information content (AvgIpc) is 2.82. The largest absolute Gasteiger partial charge is 0.387 e. The summed E-state index contributed by atoms with van der Waals surface area (Å²) < 4.78 is 2.04. The van der Waals surface area contributed by atoms with Crippen molar-refractivity contribution >= 4 is 22.5 Å². The number of benzene rings is 2. The Morgan fingerprint density at radius 3 is 2.63 bits per heavy atom. The van der Waals surface area contributed by atoms with Crippen LogP contribution in [0.4, 0.5) is 0 Å². The minimum atomic E-state index is -0.507. The number of fused-ring (bicyclic) bond motifs is 1. The van der Waals surface area contributed by atoms with Gasteiger partial charge in [0.25, 0.3) is 0 Å². The fourth-order valence-electron chi connectivity index (χ4n) is 2.30. The highest BCUT2D eigenvalue weighted by Gasteiger charge is 2.09. The molecule has 2 nitrogen and oxygen atoms in total. The molecule has 3 aromatic rings. The first-order valence-electron chi connectivity index (χ1n) is 6.21. The standard InChI is InChI=1S/C16H14ClNO/c17-14-6-7-15-13(10-14)8-9-18(15)11-16(19)12-4-2-1-3-5-12/h1-10,16,19H,11H2. The Morgan fingerprint density at radius 1 is 1.05 bits per heavy atom. The lowest BCUT2D eigenvalue weighted by molar-refractivity contribution is 0.158. The van der Waals surface area contributed by atoms with Gasteiger partial charge in [0, 0.05) is 22.1 Å². The predicted molar refractivity (Wildman–Crippen MR) is 78.3 cm³/mol. The Labute approximate surface area is 116 Å². The van der Waals surface area contributed by atoms with E-state index in [9.17, 15) is 5.11 Å². The third-order valence-corrected chi connectivity index (χ3v) is 3.52. The molecule has 0 fully saturated rings. The molecule has 0 aliphatic rings.